The summed E-state index contributed by atoms with van der Waals surface area (Å²) in [6.45, 7) is 0.718. The second-order valence-corrected chi connectivity index (χ2v) is 6.82. The average Bonchev–Trinajstić information content (AvgIpc) is 2.59. The van der Waals surface area contributed by atoms with Gasteiger partial charge in [-0.1, -0.05) is 0 Å². The summed E-state index contributed by atoms with van der Waals surface area (Å²) in [6.07, 6.45) is 0.815. The first kappa shape index (κ1) is 24.5. The van der Waals surface area contributed by atoms with Crippen LogP contribution in [0.25, 0.3) is 0 Å². The van der Waals surface area contributed by atoms with Crippen molar-refractivity contribution in [3.05, 3.63) is 0 Å². The Bertz CT molecular complexity index is 506. The van der Waals surface area contributed by atoms with Crippen molar-refractivity contribution in [3.8, 4) is 0 Å². The Kier molecular flexibility index (Phi) is 12.1. The van der Waals surface area contributed by atoms with Crippen LogP contribution in [0.1, 0.15) is 13.3 Å². The van der Waals surface area contributed by atoms with Crippen LogP contribution in [-0.4, -0.2) is 82.4 Å². The van der Waals surface area contributed by atoms with Crippen molar-refractivity contribution in [1.29, 1.82) is 0 Å². The number of hydrogen-bond acceptors (Lipinski definition) is 8. The van der Waals surface area contributed by atoms with E-state index in [1.54, 1.807) is 0 Å². The van der Waals surface area contributed by atoms with E-state index in [2.05, 4.69) is 28.6 Å². The van der Waals surface area contributed by atoms with E-state index in [1.165, 1.54) is 18.7 Å². The number of nitrogens with two attached hydrogens (primary N) is 1. The molecule has 0 radical (unpaired) electrons. The minimum atomic E-state index is -1.32. The van der Waals surface area contributed by atoms with Gasteiger partial charge in [0.15, 0.2) is 0 Å². The first-order valence-corrected chi connectivity index (χ1v) is 9.80. The van der Waals surface area contributed by atoms with Gasteiger partial charge in [-0.2, -0.15) is 24.4 Å². The second-order valence-electron chi connectivity index (χ2n) is 5.47. The number of thioether (sulfide) groups is 1. The number of carbonyl (C=O) groups excluding carboxylic acids is 3. The fourth-order valence-electron chi connectivity index (χ4n) is 1.80. The minimum Gasteiger partial charge on any atom is -0.480 e. The predicted molar refractivity (Wildman–Crippen MR) is 101 cm³/mol. The van der Waals surface area contributed by atoms with Crippen LogP contribution in [0, 0.1) is 0 Å². The molecule has 0 fully saturated rings. The molecular formula is C14H26N4O6S2. The van der Waals surface area contributed by atoms with E-state index in [9.17, 15) is 24.3 Å². The van der Waals surface area contributed by atoms with E-state index >= 15 is 0 Å². The molecule has 0 bridgehead atoms. The zero-order chi connectivity index (χ0) is 20.3. The van der Waals surface area contributed by atoms with Gasteiger partial charge in [-0.25, -0.2) is 0 Å². The number of carboxylic acid groups (broad SMARTS) is 1. The first-order chi connectivity index (χ1) is 12.1. The topological polar surface area (TPSA) is 171 Å². The summed E-state index contributed by atoms with van der Waals surface area (Å²) in [5.74, 6) is -2.76. The molecule has 0 aliphatic rings. The summed E-state index contributed by atoms with van der Waals surface area (Å²) in [6, 6.07) is -3.29. The van der Waals surface area contributed by atoms with Gasteiger partial charge in [0.1, 0.15) is 18.6 Å². The molecule has 0 spiro atoms. The van der Waals surface area contributed by atoms with Crippen LogP contribution < -0.4 is 21.7 Å². The van der Waals surface area contributed by atoms with Crippen molar-refractivity contribution in [2.45, 2.75) is 37.6 Å². The predicted octanol–water partition coefficient (Wildman–Crippen LogP) is -2.45. The van der Waals surface area contributed by atoms with E-state index < -0.39 is 54.5 Å². The molecule has 4 atom stereocenters. The maximum absolute atomic E-state index is 12.4. The Labute approximate surface area is 161 Å². The Morgan fingerprint density at radius 1 is 1.15 bits per heavy atom. The van der Waals surface area contributed by atoms with Crippen molar-refractivity contribution < 1.29 is 29.4 Å². The fraction of sp³-hybridized carbons (Fsp3) is 0.714. The number of carboxylic acids is 1. The van der Waals surface area contributed by atoms with Crippen LogP contribution in [0.2, 0.25) is 0 Å². The van der Waals surface area contributed by atoms with Gasteiger partial charge in [0.25, 0.3) is 0 Å². The van der Waals surface area contributed by atoms with Crippen LogP contribution >= 0.6 is 24.4 Å². The number of aliphatic hydroxyl groups excluding tert-OH is 1. The molecule has 0 aromatic carbocycles. The van der Waals surface area contributed by atoms with Crippen molar-refractivity contribution in [2.24, 2.45) is 5.73 Å². The molecule has 150 valence electrons. The lowest BCUT2D eigenvalue weighted by atomic mass is 10.1. The van der Waals surface area contributed by atoms with Crippen molar-refractivity contribution in [2.75, 3.05) is 24.3 Å². The zero-order valence-corrected chi connectivity index (χ0v) is 16.3. The lowest BCUT2D eigenvalue weighted by molar-refractivity contribution is -0.138. The first-order valence-electron chi connectivity index (χ1n) is 7.77. The van der Waals surface area contributed by atoms with Crippen molar-refractivity contribution >= 4 is 48.1 Å². The third-order valence-corrected chi connectivity index (χ3v) is 4.29. The van der Waals surface area contributed by atoms with E-state index in [4.69, 9.17) is 10.8 Å². The maximum Gasteiger partial charge on any atom is 0.322 e. The van der Waals surface area contributed by atoms with Gasteiger partial charge < -0.3 is 31.9 Å². The number of rotatable bonds is 12. The van der Waals surface area contributed by atoms with Crippen LogP contribution in [0.3, 0.4) is 0 Å². The largest absolute Gasteiger partial charge is 0.480 e. The molecule has 0 aliphatic heterocycles. The van der Waals surface area contributed by atoms with E-state index in [0.717, 1.165) is 0 Å². The van der Waals surface area contributed by atoms with Gasteiger partial charge in [0.2, 0.25) is 17.7 Å². The van der Waals surface area contributed by atoms with Crippen molar-refractivity contribution in [1.82, 2.24) is 16.0 Å². The summed E-state index contributed by atoms with van der Waals surface area (Å²) < 4.78 is 0. The monoisotopic (exact) mass is 410 g/mol. The highest BCUT2D eigenvalue weighted by Crippen LogP contribution is 2.03. The fourth-order valence-corrected chi connectivity index (χ4v) is 2.44. The molecule has 3 amide bonds. The summed E-state index contributed by atoms with van der Waals surface area (Å²) in [5, 5.41) is 25.3. The quantitative estimate of drug-likeness (QED) is 0.174. The van der Waals surface area contributed by atoms with Crippen LogP contribution in [0.5, 0.6) is 0 Å². The van der Waals surface area contributed by atoms with E-state index in [-0.39, 0.29) is 12.2 Å². The molecule has 0 saturated carbocycles. The zero-order valence-electron chi connectivity index (χ0n) is 14.6. The number of aliphatic hydroxyl groups is 1. The second kappa shape index (κ2) is 12.8. The van der Waals surface area contributed by atoms with Gasteiger partial charge in [-0.15, -0.1) is 0 Å². The SMILES string of the molecule is CSCCC(NC(=O)C(NC(=O)C(N)CS)C(C)O)C(=O)NCC(=O)O. The summed E-state index contributed by atoms with van der Waals surface area (Å²) in [5.41, 5.74) is 5.52. The lowest BCUT2D eigenvalue weighted by Gasteiger charge is -2.25. The number of aliphatic carboxylic acids is 1. The van der Waals surface area contributed by atoms with Crippen LogP contribution in [0.4, 0.5) is 0 Å². The third kappa shape index (κ3) is 9.27. The Hall–Kier alpha value is -1.50. The average molecular weight is 411 g/mol. The van der Waals surface area contributed by atoms with E-state index in [0.29, 0.717) is 5.75 Å². The Morgan fingerprint density at radius 3 is 2.23 bits per heavy atom. The third-order valence-electron chi connectivity index (χ3n) is 3.25. The lowest BCUT2D eigenvalue weighted by Crippen LogP contribution is -2.59. The smallest absolute Gasteiger partial charge is 0.322 e. The van der Waals surface area contributed by atoms with Gasteiger partial charge >= 0.3 is 5.97 Å². The Balaban J connectivity index is 5.05. The minimum absolute atomic E-state index is 0.0495. The maximum atomic E-state index is 12.4. The molecule has 0 rings (SSSR count). The van der Waals surface area contributed by atoms with Crippen LogP contribution in [-0.2, 0) is 19.2 Å². The molecule has 0 aliphatic carbocycles. The molecule has 12 heteroatoms. The van der Waals surface area contributed by atoms with E-state index in [1.807, 2.05) is 6.26 Å². The summed E-state index contributed by atoms with van der Waals surface area (Å²) in [4.78, 5) is 46.9. The Morgan fingerprint density at radius 2 is 1.77 bits per heavy atom. The highest BCUT2D eigenvalue weighted by molar-refractivity contribution is 7.98. The molecule has 26 heavy (non-hydrogen) atoms. The molecule has 7 N–H and O–H groups in total. The van der Waals surface area contributed by atoms with Gasteiger partial charge in [0, 0.05) is 5.75 Å². The van der Waals surface area contributed by atoms with Crippen molar-refractivity contribution in [3.63, 3.8) is 0 Å². The highest BCUT2D eigenvalue weighted by atomic mass is 32.2. The molecule has 4 unspecified atom stereocenters. The number of hydrogen-bond donors (Lipinski definition) is 7. The van der Waals surface area contributed by atoms with Gasteiger partial charge in [-0.3, -0.25) is 19.2 Å². The number of amides is 3. The van der Waals surface area contributed by atoms with Gasteiger partial charge in [0.05, 0.1) is 12.1 Å². The molecule has 0 aromatic heterocycles. The molecule has 10 nitrogen and oxygen atoms in total. The van der Waals surface area contributed by atoms with Crippen LogP contribution in [0.15, 0.2) is 0 Å². The number of carbonyl (C=O) groups is 4. The molecular weight excluding hydrogens is 384 g/mol. The molecule has 0 heterocycles. The summed E-state index contributed by atoms with van der Waals surface area (Å²) >= 11 is 5.33. The highest BCUT2D eigenvalue weighted by Gasteiger charge is 2.30. The molecule has 0 saturated heterocycles. The molecule has 0 aromatic rings. The standard InChI is InChI=1S/C14H26N4O6S2/c1-7(19)11(18-12(22)8(15)6-25)14(24)17-9(3-4-26-2)13(23)16-5-10(20)21/h7-9,11,19,25H,3-6,15H2,1-2H3,(H,16,23)(H,17,24)(H,18,22)(H,20,21). The summed E-state index contributed by atoms with van der Waals surface area (Å²) in [7, 11) is 0. The number of nitrogens with one attached hydrogen (secondary N) is 3. The van der Waals surface area contributed by atoms with Gasteiger partial charge in [-0.05, 0) is 25.4 Å². The normalized spacial score (nSPS) is 15.3. The number of thiol groups is 1.